The second-order valence-electron chi connectivity index (χ2n) is 6.71. The molecule has 2 aromatic carbocycles. The monoisotopic (exact) mass is 323 g/mol. The Morgan fingerprint density at radius 1 is 1.12 bits per heavy atom. The second-order valence-corrected chi connectivity index (χ2v) is 6.71. The lowest BCUT2D eigenvalue weighted by molar-refractivity contribution is -0.133. The maximum Gasteiger partial charge on any atom is 0.249 e. The summed E-state index contributed by atoms with van der Waals surface area (Å²) in [6.07, 6.45) is 0.699. The standard InChI is InChI=1S/C21H25NO2/c1-15-13-19(15)20(18-11-7-4-8-12-18)22-21(23)16(2)24-14-17-9-5-3-6-10-17/h3-12,15-16,19-20H,13-14H2,1-2H3,(H,22,23). The van der Waals surface area contributed by atoms with E-state index in [1.54, 1.807) is 0 Å². The van der Waals surface area contributed by atoms with Gasteiger partial charge in [-0.05, 0) is 36.3 Å². The van der Waals surface area contributed by atoms with Gasteiger partial charge >= 0.3 is 0 Å². The van der Waals surface area contributed by atoms with E-state index in [0.717, 1.165) is 5.56 Å². The number of nitrogens with one attached hydrogen (secondary N) is 1. The number of ether oxygens (including phenoxy) is 1. The summed E-state index contributed by atoms with van der Waals surface area (Å²) in [4.78, 5) is 12.6. The number of hydrogen-bond donors (Lipinski definition) is 1. The van der Waals surface area contributed by atoms with E-state index in [2.05, 4.69) is 24.4 Å². The van der Waals surface area contributed by atoms with Crippen LogP contribution in [0.3, 0.4) is 0 Å². The third-order valence-electron chi connectivity index (χ3n) is 4.77. The Bertz CT molecular complexity index is 656. The summed E-state index contributed by atoms with van der Waals surface area (Å²) in [5.41, 5.74) is 2.25. The van der Waals surface area contributed by atoms with E-state index in [9.17, 15) is 4.79 Å². The van der Waals surface area contributed by atoms with Crippen LogP contribution in [-0.2, 0) is 16.1 Å². The van der Waals surface area contributed by atoms with Gasteiger partial charge in [-0.15, -0.1) is 0 Å². The van der Waals surface area contributed by atoms with Crippen LogP contribution in [0.2, 0.25) is 0 Å². The molecule has 1 N–H and O–H groups in total. The van der Waals surface area contributed by atoms with Crippen LogP contribution in [0, 0.1) is 11.8 Å². The van der Waals surface area contributed by atoms with Gasteiger partial charge in [0.1, 0.15) is 6.10 Å². The van der Waals surface area contributed by atoms with Crippen LogP contribution in [0.5, 0.6) is 0 Å². The highest BCUT2D eigenvalue weighted by molar-refractivity contribution is 5.80. The molecule has 0 bridgehead atoms. The van der Waals surface area contributed by atoms with Gasteiger partial charge in [0.25, 0.3) is 0 Å². The molecule has 3 rings (SSSR count). The Balaban J connectivity index is 1.59. The summed E-state index contributed by atoms with van der Waals surface area (Å²) in [5.74, 6) is 1.15. The van der Waals surface area contributed by atoms with Crippen molar-refractivity contribution in [3.63, 3.8) is 0 Å². The second kappa shape index (κ2) is 7.63. The molecule has 3 nitrogen and oxygen atoms in total. The third kappa shape index (κ3) is 4.24. The lowest BCUT2D eigenvalue weighted by atomic mass is 10.0. The van der Waals surface area contributed by atoms with Crippen molar-refractivity contribution in [3.05, 3.63) is 71.8 Å². The molecule has 4 atom stereocenters. The smallest absolute Gasteiger partial charge is 0.249 e. The van der Waals surface area contributed by atoms with E-state index in [1.807, 2.05) is 55.5 Å². The molecule has 24 heavy (non-hydrogen) atoms. The summed E-state index contributed by atoms with van der Waals surface area (Å²) >= 11 is 0. The lowest BCUT2D eigenvalue weighted by Crippen LogP contribution is -2.38. The van der Waals surface area contributed by atoms with E-state index in [4.69, 9.17) is 4.74 Å². The van der Waals surface area contributed by atoms with Crippen LogP contribution in [0.25, 0.3) is 0 Å². The van der Waals surface area contributed by atoms with Crippen LogP contribution in [0.4, 0.5) is 0 Å². The maximum absolute atomic E-state index is 12.6. The molecular formula is C21H25NO2. The summed E-state index contributed by atoms with van der Waals surface area (Å²) in [7, 11) is 0. The molecule has 1 fully saturated rings. The molecular weight excluding hydrogens is 298 g/mol. The van der Waals surface area contributed by atoms with Gasteiger partial charge in [-0.3, -0.25) is 4.79 Å². The molecule has 0 spiro atoms. The lowest BCUT2D eigenvalue weighted by Gasteiger charge is -2.22. The molecule has 1 amide bonds. The molecule has 0 radical (unpaired) electrons. The fourth-order valence-corrected chi connectivity index (χ4v) is 3.06. The number of benzene rings is 2. The Morgan fingerprint density at radius 3 is 2.29 bits per heavy atom. The normalized spacial score (nSPS) is 21.8. The van der Waals surface area contributed by atoms with Crippen LogP contribution in [0.15, 0.2) is 60.7 Å². The molecule has 1 aliphatic carbocycles. The fraction of sp³-hybridized carbons (Fsp3) is 0.381. The van der Waals surface area contributed by atoms with E-state index in [1.165, 1.54) is 12.0 Å². The van der Waals surface area contributed by atoms with Crippen LogP contribution >= 0.6 is 0 Å². The molecule has 3 heteroatoms. The van der Waals surface area contributed by atoms with Gasteiger partial charge in [0, 0.05) is 0 Å². The predicted molar refractivity (Wildman–Crippen MR) is 95.3 cm³/mol. The number of carbonyl (C=O) groups is 1. The maximum atomic E-state index is 12.6. The molecule has 4 unspecified atom stereocenters. The minimum Gasteiger partial charge on any atom is -0.364 e. The van der Waals surface area contributed by atoms with Crippen molar-refractivity contribution >= 4 is 5.91 Å². The first-order valence-electron chi connectivity index (χ1n) is 8.66. The van der Waals surface area contributed by atoms with Crippen molar-refractivity contribution in [2.45, 2.75) is 39.0 Å². The van der Waals surface area contributed by atoms with Gasteiger partial charge in [0.15, 0.2) is 0 Å². The predicted octanol–water partition coefficient (Wildman–Crippen LogP) is 4.11. The Labute approximate surface area is 144 Å². The van der Waals surface area contributed by atoms with Crippen molar-refractivity contribution in [2.24, 2.45) is 11.8 Å². The summed E-state index contributed by atoms with van der Waals surface area (Å²) in [5, 5.41) is 3.20. The zero-order valence-electron chi connectivity index (χ0n) is 14.3. The first kappa shape index (κ1) is 16.7. The van der Waals surface area contributed by atoms with Crippen molar-refractivity contribution in [2.75, 3.05) is 0 Å². The van der Waals surface area contributed by atoms with Crippen molar-refractivity contribution in [1.29, 1.82) is 0 Å². The van der Waals surface area contributed by atoms with Crippen LogP contribution < -0.4 is 5.32 Å². The summed E-state index contributed by atoms with van der Waals surface area (Å²) in [6.45, 7) is 4.50. The number of hydrogen-bond acceptors (Lipinski definition) is 2. The first-order valence-corrected chi connectivity index (χ1v) is 8.66. The van der Waals surface area contributed by atoms with Gasteiger partial charge in [-0.25, -0.2) is 0 Å². The van der Waals surface area contributed by atoms with E-state index >= 15 is 0 Å². The molecule has 1 saturated carbocycles. The largest absolute Gasteiger partial charge is 0.364 e. The highest BCUT2D eigenvalue weighted by Crippen LogP contribution is 2.46. The Hall–Kier alpha value is -2.13. The minimum atomic E-state index is -0.467. The molecule has 0 aliphatic heterocycles. The fourth-order valence-electron chi connectivity index (χ4n) is 3.06. The van der Waals surface area contributed by atoms with Gasteiger partial charge < -0.3 is 10.1 Å². The molecule has 1 aliphatic rings. The summed E-state index contributed by atoms with van der Waals surface area (Å²) < 4.78 is 5.74. The Kier molecular flexibility index (Phi) is 5.31. The van der Waals surface area contributed by atoms with Gasteiger partial charge in [0.05, 0.1) is 12.6 Å². The van der Waals surface area contributed by atoms with Crippen LogP contribution in [0.1, 0.15) is 37.4 Å². The molecule has 0 heterocycles. The minimum absolute atomic E-state index is 0.0427. The number of rotatable bonds is 7. The van der Waals surface area contributed by atoms with Crippen molar-refractivity contribution in [1.82, 2.24) is 5.32 Å². The first-order chi connectivity index (χ1) is 11.6. The average Bonchev–Trinajstić information content (AvgIpc) is 3.35. The highest BCUT2D eigenvalue weighted by Gasteiger charge is 2.41. The molecule has 0 saturated heterocycles. The third-order valence-corrected chi connectivity index (χ3v) is 4.77. The zero-order chi connectivity index (χ0) is 16.9. The SMILES string of the molecule is CC(OCc1ccccc1)C(=O)NC(c1ccccc1)C1CC1C. The molecule has 0 aromatic heterocycles. The molecule has 126 valence electrons. The van der Waals surface area contributed by atoms with Gasteiger partial charge in [0.2, 0.25) is 5.91 Å². The molecule has 2 aromatic rings. The number of amides is 1. The Morgan fingerprint density at radius 2 is 1.71 bits per heavy atom. The zero-order valence-corrected chi connectivity index (χ0v) is 14.3. The average molecular weight is 323 g/mol. The quantitative estimate of drug-likeness (QED) is 0.833. The van der Waals surface area contributed by atoms with Gasteiger partial charge in [-0.2, -0.15) is 0 Å². The van der Waals surface area contributed by atoms with E-state index in [-0.39, 0.29) is 11.9 Å². The summed E-state index contributed by atoms with van der Waals surface area (Å²) in [6, 6.07) is 20.2. The van der Waals surface area contributed by atoms with Crippen molar-refractivity contribution < 1.29 is 9.53 Å². The topological polar surface area (TPSA) is 38.3 Å². The number of carbonyl (C=O) groups excluding carboxylic acids is 1. The van der Waals surface area contributed by atoms with Gasteiger partial charge in [-0.1, -0.05) is 67.6 Å². The van der Waals surface area contributed by atoms with E-state index in [0.29, 0.717) is 18.4 Å². The van der Waals surface area contributed by atoms with E-state index < -0.39 is 6.10 Å². The highest BCUT2D eigenvalue weighted by atomic mass is 16.5. The van der Waals surface area contributed by atoms with Crippen LogP contribution in [-0.4, -0.2) is 12.0 Å². The van der Waals surface area contributed by atoms with Crippen molar-refractivity contribution in [3.8, 4) is 0 Å².